The van der Waals surface area contributed by atoms with Crippen molar-refractivity contribution in [3.05, 3.63) is 35.9 Å². The third-order valence-electron chi connectivity index (χ3n) is 5.93. The highest BCUT2D eigenvalue weighted by molar-refractivity contribution is 5.84. The maximum Gasteiger partial charge on any atom is 0.407 e. The Morgan fingerprint density at radius 1 is 1.14 bits per heavy atom. The van der Waals surface area contributed by atoms with Crippen LogP contribution in [0.1, 0.15) is 52.0 Å². The van der Waals surface area contributed by atoms with Gasteiger partial charge in [-0.05, 0) is 51.5 Å². The highest BCUT2D eigenvalue weighted by Crippen LogP contribution is 2.23. The van der Waals surface area contributed by atoms with Gasteiger partial charge in [-0.1, -0.05) is 30.3 Å². The fourth-order valence-corrected chi connectivity index (χ4v) is 3.97. The van der Waals surface area contributed by atoms with E-state index >= 15 is 0 Å². The van der Waals surface area contributed by atoms with Crippen molar-refractivity contribution in [1.29, 1.82) is 0 Å². The molecule has 2 amide bonds. The maximum atomic E-state index is 13.0. The molecule has 1 aromatic rings. The zero-order valence-electron chi connectivity index (χ0n) is 21.6. The van der Waals surface area contributed by atoms with Gasteiger partial charge in [0.25, 0.3) is 0 Å². The lowest BCUT2D eigenvalue weighted by Gasteiger charge is -2.32. The van der Waals surface area contributed by atoms with Crippen LogP contribution >= 0.6 is 0 Å². The molecular formula is C26H40N2O7. The monoisotopic (exact) mass is 492 g/mol. The van der Waals surface area contributed by atoms with E-state index in [0.29, 0.717) is 26.2 Å². The molecular weight excluding hydrogens is 452 g/mol. The molecule has 0 spiro atoms. The highest BCUT2D eigenvalue weighted by atomic mass is 16.6. The average Bonchev–Trinajstić information content (AvgIpc) is 2.83. The number of nitrogens with one attached hydrogen (secondary N) is 1. The minimum atomic E-state index is -0.864. The summed E-state index contributed by atoms with van der Waals surface area (Å²) in [7, 11) is 2.86. The SMILES string of the molecule is COC(=O)C(COCc1ccccc1)N(C)C(=O)CC[C@H](NC(=O)OC(C)(C)C)C1CCOCC1. The van der Waals surface area contributed by atoms with E-state index in [1.807, 2.05) is 30.3 Å². The van der Waals surface area contributed by atoms with E-state index in [9.17, 15) is 14.4 Å². The van der Waals surface area contributed by atoms with Crippen molar-refractivity contribution >= 4 is 18.0 Å². The van der Waals surface area contributed by atoms with Crippen molar-refractivity contribution in [3.63, 3.8) is 0 Å². The Bertz CT molecular complexity index is 804. The van der Waals surface area contributed by atoms with Crippen LogP contribution in [0, 0.1) is 5.92 Å². The van der Waals surface area contributed by atoms with Gasteiger partial charge in [-0.25, -0.2) is 9.59 Å². The van der Waals surface area contributed by atoms with Gasteiger partial charge in [0.05, 0.1) is 20.3 Å². The molecule has 9 nitrogen and oxygen atoms in total. The Kier molecular flexibility index (Phi) is 11.5. The number of hydrogen-bond acceptors (Lipinski definition) is 7. The summed E-state index contributed by atoms with van der Waals surface area (Å²) >= 11 is 0. The van der Waals surface area contributed by atoms with Crippen LogP contribution in [0.3, 0.4) is 0 Å². The van der Waals surface area contributed by atoms with Crippen LogP contribution in [-0.2, 0) is 35.1 Å². The molecule has 1 unspecified atom stereocenters. The summed E-state index contributed by atoms with van der Waals surface area (Å²) in [6, 6.07) is 8.48. The number of methoxy groups -OCH3 is 1. The summed E-state index contributed by atoms with van der Waals surface area (Å²) in [5.74, 6) is -0.589. The fraction of sp³-hybridized carbons (Fsp3) is 0.654. The van der Waals surface area contributed by atoms with E-state index in [0.717, 1.165) is 18.4 Å². The quantitative estimate of drug-likeness (QED) is 0.473. The zero-order valence-corrected chi connectivity index (χ0v) is 21.6. The molecule has 0 saturated carbocycles. The molecule has 1 N–H and O–H groups in total. The molecule has 1 saturated heterocycles. The molecule has 0 aliphatic carbocycles. The van der Waals surface area contributed by atoms with Gasteiger partial charge in [-0.3, -0.25) is 4.79 Å². The molecule has 1 aliphatic heterocycles. The number of alkyl carbamates (subject to hydrolysis) is 1. The number of amides is 2. The number of hydrogen-bond donors (Lipinski definition) is 1. The molecule has 0 aromatic heterocycles. The first-order valence-electron chi connectivity index (χ1n) is 12.1. The second-order valence-electron chi connectivity index (χ2n) is 9.79. The molecule has 1 aliphatic rings. The first-order valence-corrected chi connectivity index (χ1v) is 12.1. The standard InChI is InChI=1S/C26H40N2O7/c1-26(2,3)35-25(31)27-21(20-13-15-33-16-14-20)11-12-23(29)28(4)22(24(30)32-5)18-34-17-19-9-7-6-8-10-19/h6-10,20-22H,11-18H2,1-5H3,(H,27,31)/t21-,22?/m0/s1. The Morgan fingerprint density at radius 2 is 1.80 bits per heavy atom. The van der Waals surface area contributed by atoms with Crippen molar-refractivity contribution in [3.8, 4) is 0 Å². The van der Waals surface area contributed by atoms with Crippen LogP contribution in [0.5, 0.6) is 0 Å². The Balaban J connectivity index is 1.97. The molecule has 1 fully saturated rings. The van der Waals surface area contributed by atoms with Crippen LogP contribution < -0.4 is 5.32 Å². The molecule has 0 bridgehead atoms. The summed E-state index contributed by atoms with van der Waals surface area (Å²) < 4.78 is 21.5. The van der Waals surface area contributed by atoms with E-state index < -0.39 is 23.7 Å². The smallest absolute Gasteiger partial charge is 0.407 e. The Labute approximate surface area is 208 Å². The Morgan fingerprint density at radius 3 is 2.40 bits per heavy atom. The van der Waals surface area contributed by atoms with Crippen molar-refractivity contribution in [2.75, 3.05) is 34.0 Å². The van der Waals surface area contributed by atoms with Crippen molar-refractivity contribution < 1.29 is 33.3 Å². The Hall–Kier alpha value is -2.65. The lowest BCUT2D eigenvalue weighted by atomic mass is 9.88. The normalized spacial score (nSPS) is 16.1. The second kappa shape index (κ2) is 14.0. The first-order chi connectivity index (χ1) is 16.6. The lowest BCUT2D eigenvalue weighted by Crippen LogP contribution is -2.47. The van der Waals surface area contributed by atoms with Crippen LogP contribution in [0.4, 0.5) is 4.79 Å². The van der Waals surface area contributed by atoms with E-state index in [2.05, 4.69) is 5.32 Å². The van der Waals surface area contributed by atoms with E-state index in [1.54, 1.807) is 27.8 Å². The first kappa shape index (κ1) is 28.6. The predicted molar refractivity (Wildman–Crippen MR) is 131 cm³/mol. The minimum Gasteiger partial charge on any atom is -0.467 e. The van der Waals surface area contributed by atoms with E-state index in [1.165, 1.54) is 12.0 Å². The highest BCUT2D eigenvalue weighted by Gasteiger charge is 2.31. The van der Waals surface area contributed by atoms with Crippen LogP contribution in [0.25, 0.3) is 0 Å². The number of esters is 1. The summed E-state index contributed by atoms with van der Waals surface area (Å²) in [6.07, 6.45) is 1.66. The number of rotatable bonds is 11. The summed E-state index contributed by atoms with van der Waals surface area (Å²) in [6.45, 7) is 7.00. The zero-order chi connectivity index (χ0) is 25.8. The van der Waals surface area contributed by atoms with Crippen LogP contribution in [0.2, 0.25) is 0 Å². The molecule has 2 rings (SSSR count). The molecule has 196 valence electrons. The molecule has 0 radical (unpaired) electrons. The predicted octanol–water partition coefficient (Wildman–Crippen LogP) is 3.30. The van der Waals surface area contributed by atoms with Crippen LogP contribution in [0.15, 0.2) is 30.3 Å². The maximum absolute atomic E-state index is 13.0. The summed E-state index contributed by atoms with van der Waals surface area (Å²) in [5.41, 5.74) is 0.353. The lowest BCUT2D eigenvalue weighted by molar-refractivity contribution is -0.154. The average molecular weight is 493 g/mol. The number of nitrogens with zero attached hydrogens (tertiary/aromatic N) is 1. The molecule has 1 heterocycles. The largest absolute Gasteiger partial charge is 0.467 e. The van der Waals surface area contributed by atoms with Gasteiger partial charge in [-0.15, -0.1) is 0 Å². The van der Waals surface area contributed by atoms with Crippen molar-refractivity contribution in [2.45, 2.75) is 70.7 Å². The fourth-order valence-electron chi connectivity index (χ4n) is 3.97. The topological polar surface area (TPSA) is 103 Å². The van der Waals surface area contributed by atoms with Gasteiger partial charge in [0.2, 0.25) is 5.91 Å². The van der Waals surface area contributed by atoms with E-state index in [-0.39, 0.29) is 30.9 Å². The van der Waals surface area contributed by atoms with Crippen LogP contribution in [-0.4, -0.2) is 74.5 Å². The van der Waals surface area contributed by atoms with Gasteiger partial charge in [0.1, 0.15) is 5.60 Å². The molecule has 2 atom stereocenters. The number of likely N-dealkylation sites (N-methyl/N-ethyl adjacent to an activating group) is 1. The van der Waals surface area contributed by atoms with Gasteiger partial charge in [0, 0.05) is 32.7 Å². The van der Waals surface area contributed by atoms with Gasteiger partial charge in [0.15, 0.2) is 6.04 Å². The summed E-state index contributed by atoms with van der Waals surface area (Å²) in [4.78, 5) is 39.2. The van der Waals surface area contributed by atoms with Crippen molar-refractivity contribution in [1.82, 2.24) is 10.2 Å². The van der Waals surface area contributed by atoms with Crippen molar-refractivity contribution in [2.24, 2.45) is 5.92 Å². The second-order valence-corrected chi connectivity index (χ2v) is 9.79. The minimum absolute atomic E-state index is 0.0172. The number of carbonyl (C=O) groups excluding carboxylic acids is 3. The summed E-state index contributed by atoms with van der Waals surface area (Å²) in [5, 5.41) is 2.95. The number of benzene rings is 1. The third kappa shape index (κ3) is 10.2. The van der Waals surface area contributed by atoms with Gasteiger partial charge in [-0.2, -0.15) is 0 Å². The molecule has 35 heavy (non-hydrogen) atoms. The third-order valence-corrected chi connectivity index (χ3v) is 5.93. The van der Waals surface area contributed by atoms with Gasteiger partial charge < -0.3 is 29.2 Å². The van der Waals surface area contributed by atoms with Gasteiger partial charge >= 0.3 is 12.1 Å². The number of carbonyl (C=O) groups is 3. The molecule has 1 aromatic carbocycles. The van der Waals surface area contributed by atoms with E-state index in [4.69, 9.17) is 18.9 Å². The number of ether oxygens (including phenoxy) is 4. The molecule has 9 heteroatoms.